The molecule has 1 heterocycles. The Morgan fingerprint density at radius 1 is 0.911 bits per heavy atom. The van der Waals surface area contributed by atoms with E-state index in [2.05, 4.69) is 36.6 Å². The molecule has 0 saturated carbocycles. The van der Waals surface area contributed by atoms with Gasteiger partial charge in [0, 0.05) is 44.5 Å². The van der Waals surface area contributed by atoms with Gasteiger partial charge >= 0.3 is 0 Å². The summed E-state index contributed by atoms with van der Waals surface area (Å²) in [7, 11) is 8.74. The lowest BCUT2D eigenvalue weighted by atomic mass is 9.89. The maximum atomic E-state index is 14.2. The number of methoxy groups -OCH3 is 2. The van der Waals surface area contributed by atoms with Crippen LogP contribution in [0.3, 0.4) is 0 Å². The zero-order chi connectivity index (χ0) is 41.5. The number of likely N-dealkylation sites (tertiary alicyclic amines) is 1. The van der Waals surface area contributed by atoms with Gasteiger partial charge in [0.15, 0.2) is 0 Å². The molecule has 2 N–H and O–H groups in total. The minimum absolute atomic E-state index is 0.0214. The fourth-order valence-electron chi connectivity index (χ4n) is 7.91. The maximum absolute atomic E-state index is 14.2. The van der Waals surface area contributed by atoms with Gasteiger partial charge in [-0.3, -0.25) is 24.1 Å². The first kappa shape index (κ1) is 46.8. The molecule has 11 nitrogen and oxygen atoms in total. The highest BCUT2D eigenvalue weighted by Crippen LogP contribution is 2.29. The van der Waals surface area contributed by atoms with Crippen LogP contribution in [0.15, 0.2) is 59.5 Å². The summed E-state index contributed by atoms with van der Waals surface area (Å²) >= 11 is 1.61. The van der Waals surface area contributed by atoms with E-state index in [0.29, 0.717) is 25.8 Å². The Hall–Kier alpha value is -3.61. The van der Waals surface area contributed by atoms with Crippen LogP contribution in [-0.4, -0.2) is 116 Å². The van der Waals surface area contributed by atoms with Crippen molar-refractivity contribution in [2.75, 3.05) is 41.9 Å². The Balaban J connectivity index is 1.69. The number of hydrogen-bond acceptors (Lipinski definition) is 8. The van der Waals surface area contributed by atoms with E-state index in [1.165, 1.54) is 0 Å². The molecule has 56 heavy (non-hydrogen) atoms. The summed E-state index contributed by atoms with van der Waals surface area (Å²) in [6.07, 6.45) is 3.56. The molecule has 3 rings (SSSR count). The van der Waals surface area contributed by atoms with Crippen molar-refractivity contribution < 1.29 is 28.7 Å². The highest BCUT2D eigenvalue weighted by atomic mass is 32.2. The number of thioether (sulfide) groups is 1. The fraction of sp³-hybridized carbons (Fsp3) is 0.636. The maximum Gasteiger partial charge on any atom is 0.245 e. The second kappa shape index (κ2) is 23.0. The molecule has 312 valence electrons. The number of amides is 4. The third kappa shape index (κ3) is 13.5. The Labute approximate surface area is 341 Å². The molecule has 1 fully saturated rings. The second-order valence-corrected chi connectivity index (χ2v) is 17.4. The van der Waals surface area contributed by atoms with E-state index in [1.807, 2.05) is 94.1 Å². The lowest BCUT2D eigenvalue weighted by Gasteiger charge is -2.40. The van der Waals surface area contributed by atoms with Crippen LogP contribution in [0.1, 0.15) is 85.6 Å². The number of benzene rings is 2. The highest BCUT2D eigenvalue weighted by Gasteiger charge is 2.40. The molecule has 2 aromatic carbocycles. The van der Waals surface area contributed by atoms with Crippen molar-refractivity contribution in [3.63, 3.8) is 0 Å². The number of nitrogens with one attached hydrogen (secondary N) is 2. The van der Waals surface area contributed by atoms with Crippen molar-refractivity contribution in [2.24, 2.45) is 17.8 Å². The summed E-state index contributed by atoms with van der Waals surface area (Å²) in [5.41, 5.74) is 1.13. The van der Waals surface area contributed by atoms with Gasteiger partial charge in [0.1, 0.15) is 11.8 Å². The van der Waals surface area contributed by atoms with Gasteiger partial charge in [-0.15, -0.1) is 11.8 Å². The van der Waals surface area contributed by atoms with Gasteiger partial charge in [-0.05, 0) is 80.9 Å². The molecule has 1 saturated heterocycles. The molecule has 7 atom stereocenters. The molecule has 12 heteroatoms. The summed E-state index contributed by atoms with van der Waals surface area (Å²) < 4.78 is 11.4. The molecule has 1 aliphatic rings. The van der Waals surface area contributed by atoms with Crippen LogP contribution in [0.25, 0.3) is 0 Å². The molecule has 0 spiro atoms. The molecule has 0 bridgehead atoms. The van der Waals surface area contributed by atoms with Crippen LogP contribution in [0.5, 0.6) is 5.75 Å². The lowest BCUT2D eigenvalue weighted by molar-refractivity contribution is -0.146. The average Bonchev–Trinajstić information content (AvgIpc) is 3.64. The predicted molar refractivity (Wildman–Crippen MR) is 225 cm³/mol. The van der Waals surface area contributed by atoms with Gasteiger partial charge < -0.3 is 29.9 Å². The first-order valence-electron chi connectivity index (χ1n) is 20.3. The van der Waals surface area contributed by atoms with Gasteiger partial charge in [-0.2, -0.15) is 0 Å². The van der Waals surface area contributed by atoms with E-state index in [1.54, 1.807) is 37.9 Å². The molecule has 0 aromatic heterocycles. The van der Waals surface area contributed by atoms with Crippen molar-refractivity contribution in [1.29, 1.82) is 0 Å². The minimum Gasteiger partial charge on any atom is -0.497 e. The molecule has 0 radical (unpaired) electrons. The number of ether oxygens (including phenoxy) is 2. The molecular weight excluding hydrogens is 727 g/mol. The number of carbonyl (C=O) groups is 4. The summed E-state index contributed by atoms with van der Waals surface area (Å²) in [4.78, 5) is 61.7. The Morgan fingerprint density at radius 2 is 1.57 bits per heavy atom. The summed E-state index contributed by atoms with van der Waals surface area (Å²) in [6, 6.07) is 16.4. The second-order valence-electron chi connectivity index (χ2n) is 16.1. The fourth-order valence-corrected chi connectivity index (χ4v) is 8.99. The Bertz CT molecular complexity index is 1520. The van der Waals surface area contributed by atoms with Gasteiger partial charge in [0.25, 0.3) is 0 Å². The number of likely N-dealkylation sites (N-methyl/N-ethyl adjacent to an activating group) is 2. The smallest absolute Gasteiger partial charge is 0.245 e. The van der Waals surface area contributed by atoms with Gasteiger partial charge in [0.05, 0.1) is 37.1 Å². The summed E-state index contributed by atoms with van der Waals surface area (Å²) in [6.45, 7) is 12.6. The van der Waals surface area contributed by atoms with Crippen molar-refractivity contribution >= 4 is 35.4 Å². The third-order valence-electron chi connectivity index (χ3n) is 11.1. The first-order chi connectivity index (χ1) is 26.6. The summed E-state index contributed by atoms with van der Waals surface area (Å²) in [5.74, 6) is 0.250. The van der Waals surface area contributed by atoms with E-state index in [-0.39, 0.29) is 65.3 Å². The zero-order valence-electron chi connectivity index (χ0n) is 35.7. The van der Waals surface area contributed by atoms with Gasteiger partial charge in [-0.25, -0.2) is 0 Å². The van der Waals surface area contributed by atoms with Crippen molar-refractivity contribution in [3.8, 4) is 5.75 Å². The van der Waals surface area contributed by atoms with Gasteiger partial charge in [0.2, 0.25) is 23.6 Å². The van der Waals surface area contributed by atoms with Crippen molar-refractivity contribution in [1.82, 2.24) is 25.3 Å². The molecule has 2 aromatic rings. The molecule has 4 amide bonds. The first-order valence-corrected chi connectivity index (χ1v) is 21.2. The lowest BCUT2D eigenvalue weighted by Crippen LogP contribution is -2.59. The number of hydrogen-bond donors (Lipinski definition) is 2. The van der Waals surface area contributed by atoms with E-state index in [0.717, 1.165) is 35.5 Å². The summed E-state index contributed by atoms with van der Waals surface area (Å²) in [5, 5.41) is 6.14. The Morgan fingerprint density at radius 3 is 2.12 bits per heavy atom. The van der Waals surface area contributed by atoms with Crippen molar-refractivity contribution in [3.05, 3.63) is 60.2 Å². The van der Waals surface area contributed by atoms with Crippen LogP contribution in [-0.2, 0) is 30.3 Å². The predicted octanol–water partition coefficient (Wildman–Crippen LogP) is 6.25. The van der Waals surface area contributed by atoms with E-state index in [9.17, 15) is 19.2 Å². The average molecular weight is 796 g/mol. The number of rotatable bonds is 22. The van der Waals surface area contributed by atoms with Crippen LogP contribution < -0.4 is 15.4 Å². The van der Waals surface area contributed by atoms with E-state index >= 15 is 0 Å². The molecule has 1 aliphatic heterocycles. The molecule has 0 aliphatic carbocycles. The third-order valence-corrected chi connectivity index (χ3v) is 12.2. The van der Waals surface area contributed by atoms with Crippen LogP contribution >= 0.6 is 11.8 Å². The van der Waals surface area contributed by atoms with E-state index in [4.69, 9.17) is 9.47 Å². The van der Waals surface area contributed by atoms with Crippen molar-refractivity contribution in [2.45, 2.75) is 127 Å². The normalized spacial score (nSPS) is 17.6. The number of carbonyl (C=O) groups excluding carboxylic acids is 4. The van der Waals surface area contributed by atoms with Crippen LogP contribution in [0.4, 0.5) is 0 Å². The molecular formula is C44H69N5O6S. The Kier molecular flexibility index (Phi) is 19.2. The zero-order valence-corrected chi connectivity index (χ0v) is 36.6. The van der Waals surface area contributed by atoms with Gasteiger partial charge in [-0.1, -0.05) is 78.3 Å². The minimum atomic E-state index is -0.732. The standard InChI is InChI=1S/C44H69N5O6S/c1-12-31(6)42(48(9)44(53)40(29(2)3)46-43(52)41(30(4)5)47(7)8)36(55-11)28-39(51)49-26-16-19-33(49)20-25-37(50)45-38(27-32-17-14-13-15-18-32)56-35-23-21-34(54-10)22-24-35/h13-15,17-18,21-24,29-31,33,36,38,40-42H,12,16,19-20,25-28H2,1-11H3,(H,45,50)(H,46,52). The van der Waals surface area contributed by atoms with Crippen LogP contribution in [0, 0.1) is 17.8 Å². The monoisotopic (exact) mass is 795 g/mol. The van der Waals surface area contributed by atoms with E-state index < -0.39 is 18.2 Å². The molecule has 7 unspecified atom stereocenters. The quantitative estimate of drug-likeness (QED) is 0.106. The van der Waals surface area contributed by atoms with Crippen LogP contribution in [0.2, 0.25) is 0 Å². The SMILES string of the molecule is CCC(C)C(C(CC(=O)N1CCCC1CCC(=O)NC(Cc1ccccc1)Sc1ccc(OC)cc1)OC)N(C)C(=O)C(NC(=O)C(C(C)C)N(C)C)C(C)C. The highest BCUT2D eigenvalue weighted by molar-refractivity contribution is 8.00. The topological polar surface area (TPSA) is 121 Å². The number of nitrogens with zero attached hydrogens (tertiary/aromatic N) is 3. The largest absolute Gasteiger partial charge is 0.497 e.